The van der Waals surface area contributed by atoms with Gasteiger partial charge in [-0.1, -0.05) is 37.3 Å². The van der Waals surface area contributed by atoms with E-state index in [-0.39, 0.29) is 0 Å². The second-order valence-corrected chi connectivity index (χ2v) is 4.88. The first-order valence-corrected chi connectivity index (χ1v) is 6.89. The van der Waals surface area contributed by atoms with Crippen LogP contribution in [0.3, 0.4) is 0 Å². The van der Waals surface area contributed by atoms with Crippen LogP contribution in [0.5, 0.6) is 0 Å². The standard InChI is InChI=1S/C15H24N2/c1-2-17(13-14-7-4-3-5-8-14)15-9-6-11-16-12-10-15/h3-5,7-8,15-16H,2,6,9-13H2,1H3. The molecule has 94 valence electrons. The third kappa shape index (κ3) is 3.83. The summed E-state index contributed by atoms with van der Waals surface area (Å²) in [6, 6.07) is 11.6. The molecule has 1 aliphatic rings. The van der Waals surface area contributed by atoms with Crippen molar-refractivity contribution in [2.45, 2.75) is 38.8 Å². The minimum Gasteiger partial charge on any atom is -0.317 e. The zero-order chi connectivity index (χ0) is 11.9. The zero-order valence-corrected chi connectivity index (χ0v) is 10.9. The van der Waals surface area contributed by atoms with E-state index in [4.69, 9.17) is 0 Å². The van der Waals surface area contributed by atoms with Crippen LogP contribution in [0.25, 0.3) is 0 Å². The van der Waals surface area contributed by atoms with Crippen molar-refractivity contribution in [3.63, 3.8) is 0 Å². The van der Waals surface area contributed by atoms with Gasteiger partial charge in [0.2, 0.25) is 0 Å². The highest BCUT2D eigenvalue weighted by atomic mass is 15.2. The molecule has 1 aliphatic heterocycles. The van der Waals surface area contributed by atoms with Gasteiger partial charge in [-0.05, 0) is 44.5 Å². The Kier molecular flexibility index (Phi) is 5.02. The molecule has 1 aromatic carbocycles. The van der Waals surface area contributed by atoms with Crippen molar-refractivity contribution < 1.29 is 0 Å². The molecule has 1 N–H and O–H groups in total. The number of nitrogens with one attached hydrogen (secondary N) is 1. The summed E-state index contributed by atoms with van der Waals surface area (Å²) in [5, 5.41) is 3.49. The second kappa shape index (κ2) is 6.77. The van der Waals surface area contributed by atoms with E-state index in [0.717, 1.165) is 19.1 Å². The Morgan fingerprint density at radius 1 is 1.18 bits per heavy atom. The predicted octanol–water partition coefficient (Wildman–Crippen LogP) is 2.65. The largest absolute Gasteiger partial charge is 0.317 e. The fourth-order valence-electron chi connectivity index (χ4n) is 2.68. The summed E-state index contributed by atoms with van der Waals surface area (Å²) < 4.78 is 0. The Balaban J connectivity index is 1.95. The smallest absolute Gasteiger partial charge is 0.0236 e. The molecule has 17 heavy (non-hydrogen) atoms. The lowest BCUT2D eigenvalue weighted by molar-refractivity contribution is 0.182. The van der Waals surface area contributed by atoms with Gasteiger partial charge in [-0.2, -0.15) is 0 Å². The van der Waals surface area contributed by atoms with E-state index in [0.29, 0.717) is 0 Å². The van der Waals surface area contributed by atoms with Crippen LogP contribution in [0, 0.1) is 0 Å². The number of nitrogens with zero attached hydrogens (tertiary/aromatic N) is 1. The summed E-state index contributed by atoms with van der Waals surface area (Å²) >= 11 is 0. The summed E-state index contributed by atoms with van der Waals surface area (Å²) in [6.45, 7) is 6.90. The van der Waals surface area contributed by atoms with Gasteiger partial charge in [0.05, 0.1) is 0 Å². The highest BCUT2D eigenvalue weighted by Crippen LogP contribution is 2.16. The Hall–Kier alpha value is -0.860. The molecule has 0 amide bonds. The lowest BCUT2D eigenvalue weighted by Gasteiger charge is -2.29. The molecule has 0 radical (unpaired) electrons. The van der Waals surface area contributed by atoms with Gasteiger partial charge in [0.25, 0.3) is 0 Å². The van der Waals surface area contributed by atoms with Crippen molar-refractivity contribution in [2.75, 3.05) is 19.6 Å². The molecular weight excluding hydrogens is 208 g/mol. The molecule has 2 heteroatoms. The molecule has 1 fully saturated rings. The number of hydrogen-bond donors (Lipinski definition) is 1. The summed E-state index contributed by atoms with van der Waals surface area (Å²) in [4.78, 5) is 2.63. The SMILES string of the molecule is CCN(Cc1ccccc1)C1CCCNCC1. The monoisotopic (exact) mass is 232 g/mol. The third-order valence-electron chi connectivity index (χ3n) is 3.70. The molecule has 0 saturated carbocycles. The topological polar surface area (TPSA) is 15.3 Å². The average molecular weight is 232 g/mol. The number of benzene rings is 1. The maximum atomic E-state index is 3.49. The van der Waals surface area contributed by atoms with Crippen LogP contribution in [-0.2, 0) is 6.54 Å². The summed E-state index contributed by atoms with van der Waals surface area (Å²) in [5.74, 6) is 0. The van der Waals surface area contributed by atoms with Crippen molar-refractivity contribution >= 4 is 0 Å². The van der Waals surface area contributed by atoms with E-state index < -0.39 is 0 Å². The van der Waals surface area contributed by atoms with Crippen molar-refractivity contribution in [3.05, 3.63) is 35.9 Å². The van der Waals surface area contributed by atoms with Crippen LogP contribution < -0.4 is 5.32 Å². The molecule has 1 saturated heterocycles. The molecule has 2 nitrogen and oxygen atoms in total. The van der Waals surface area contributed by atoms with Gasteiger partial charge < -0.3 is 5.32 Å². The zero-order valence-electron chi connectivity index (χ0n) is 10.9. The maximum absolute atomic E-state index is 3.49. The number of rotatable bonds is 4. The summed E-state index contributed by atoms with van der Waals surface area (Å²) in [6.07, 6.45) is 3.95. The van der Waals surface area contributed by atoms with E-state index in [1.165, 1.54) is 37.9 Å². The minimum absolute atomic E-state index is 0.759. The molecule has 0 aromatic heterocycles. The van der Waals surface area contributed by atoms with Gasteiger partial charge in [-0.25, -0.2) is 0 Å². The molecular formula is C15H24N2. The van der Waals surface area contributed by atoms with Crippen LogP contribution in [0.1, 0.15) is 31.7 Å². The Bertz CT molecular complexity index is 302. The molecule has 0 bridgehead atoms. The van der Waals surface area contributed by atoms with Gasteiger partial charge in [-0.15, -0.1) is 0 Å². The van der Waals surface area contributed by atoms with Gasteiger partial charge in [0, 0.05) is 12.6 Å². The maximum Gasteiger partial charge on any atom is 0.0236 e. The predicted molar refractivity (Wildman–Crippen MR) is 73.0 cm³/mol. The fraction of sp³-hybridized carbons (Fsp3) is 0.600. The van der Waals surface area contributed by atoms with E-state index >= 15 is 0 Å². The first-order chi connectivity index (χ1) is 8.40. The van der Waals surface area contributed by atoms with Gasteiger partial charge in [0.15, 0.2) is 0 Å². The van der Waals surface area contributed by atoms with Gasteiger partial charge in [-0.3, -0.25) is 4.90 Å². The average Bonchev–Trinajstić information content (AvgIpc) is 2.66. The molecule has 1 heterocycles. The first kappa shape index (κ1) is 12.6. The highest BCUT2D eigenvalue weighted by Gasteiger charge is 2.18. The second-order valence-electron chi connectivity index (χ2n) is 4.88. The molecule has 1 atom stereocenters. The van der Waals surface area contributed by atoms with E-state index in [1.54, 1.807) is 0 Å². The van der Waals surface area contributed by atoms with Crippen molar-refractivity contribution in [2.24, 2.45) is 0 Å². The molecule has 0 aliphatic carbocycles. The Morgan fingerprint density at radius 2 is 2.00 bits per heavy atom. The van der Waals surface area contributed by atoms with Crippen LogP contribution in [-0.4, -0.2) is 30.6 Å². The highest BCUT2D eigenvalue weighted by molar-refractivity contribution is 5.14. The molecule has 1 unspecified atom stereocenters. The molecule has 0 spiro atoms. The quantitative estimate of drug-likeness (QED) is 0.858. The van der Waals surface area contributed by atoms with Crippen LogP contribution >= 0.6 is 0 Å². The first-order valence-electron chi connectivity index (χ1n) is 6.89. The summed E-state index contributed by atoms with van der Waals surface area (Å²) in [5.41, 5.74) is 1.44. The Morgan fingerprint density at radius 3 is 2.76 bits per heavy atom. The normalized spacial score (nSPS) is 21.4. The summed E-state index contributed by atoms with van der Waals surface area (Å²) in [7, 11) is 0. The molecule has 1 aromatic rings. The fourth-order valence-corrected chi connectivity index (χ4v) is 2.68. The van der Waals surface area contributed by atoms with Crippen molar-refractivity contribution in [1.82, 2.24) is 10.2 Å². The third-order valence-corrected chi connectivity index (χ3v) is 3.70. The lowest BCUT2D eigenvalue weighted by atomic mass is 10.1. The van der Waals surface area contributed by atoms with Crippen molar-refractivity contribution in [1.29, 1.82) is 0 Å². The van der Waals surface area contributed by atoms with E-state index in [2.05, 4.69) is 47.5 Å². The minimum atomic E-state index is 0.759. The van der Waals surface area contributed by atoms with E-state index in [9.17, 15) is 0 Å². The van der Waals surface area contributed by atoms with E-state index in [1.807, 2.05) is 0 Å². The lowest BCUT2D eigenvalue weighted by Crippen LogP contribution is -2.35. The van der Waals surface area contributed by atoms with Gasteiger partial charge >= 0.3 is 0 Å². The van der Waals surface area contributed by atoms with Crippen molar-refractivity contribution in [3.8, 4) is 0 Å². The van der Waals surface area contributed by atoms with Gasteiger partial charge in [0.1, 0.15) is 0 Å². The Labute approximate surface area is 105 Å². The van der Waals surface area contributed by atoms with Crippen LogP contribution in [0.2, 0.25) is 0 Å². The van der Waals surface area contributed by atoms with Crippen LogP contribution in [0.4, 0.5) is 0 Å². The molecule has 2 rings (SSSR count). The number of hydrogen-bond acceptors (Lipinski definition) is 2. The van der Waals surface area contributed by atoms with Crippen LogP contribution in [0.15, 0.2) is 30.3 Å².